The van der Waals surface area contributed by atoms with Crippen molar-refractivity contribution >= 4 is 17.1 Å². The van der Waals surface area contributed by atoms with E-state index in [-0.39, 0.29) is 11.6 Å². The molecule has 5 rings (SSSR count). The topological polar surface area (TPSA) is 82.0 Å². The van der Waals surface area contributed by atoms with E-state index in [4.69, 9.17) is 15.7 Å². The molecule has 33 heavy (non-hydrogen) atoms. The first-order chi connectivity index (χ1) is 16.1. The van der Waals surface area contributed by atoms with Crippen LogP contribution in [0.4, 0.5) is 5.95 Å². The number of rotatable bonds is 6. The van der Waals surface area contributed by atoms with E-state index in [1.807, 2.05) is 25.2 Å². The monoisotopic (exact) mass is 448 g/mol. The van der Waals surface area contributed by atoms with Gasteiger partial charge in [-0.1, -0.05) is 49.6 Å². The number of piperidine rings is 1. The molecule has 1 aliphatic heterocycles. The number of benzene rings is 1. The molecule has 7 nitrogen and oxygen atoms in total. The van der Waals surface area contributed by atoms with E-state index < -0.39 is 0 Å². The summed E-state index contributed by atoms with van der Waals surface area (Å²) < 4.78 is 3.91. The van der Waals surface area contributed by atoms with Gasteiger partial charge in [0.05, 0.1) is 0 Å². The van der Waals surface area contributed by atoms with Gasteiger partial charge >= 0.3 is 0 Å². The van der Waals surface area contributed by atoms with Gasteiger partial charge < -0.3 is 15.2 Å². The Morgan fingerprint density at radius 3 is 2.55 bits per heavy atom. The van der Waals surface area contributed by atoms with Crippen molar-refractivity contribution < 1.29 is 0 Å². The third-order valence-corrected chi connectivity index (χ3v) is 7.44. The Labute approximate surface area is 195 Å². The van der Waals surface area contributed by atoms with Gasteiger partial charge in [-0.05, 0) is 43.6 Å². The van der Waals surface area contributed by atoms with Crippen LogP contribution in [0.1, 0.15) is 56.3 Å². The zero-order valence-corrected chi connectivity index (χ0v) is 19.7. The molecule has 176 valence electrons. The Bertz CT molecular complexity index is 1150. The maximum absolute atomic E-state index is 13.6. The second kappa shape index (κ2) is 9.67. The van der Waals surface area contributed by atoms with Gasteiger partial charge in [0.15, 0.2) is 11.2 Å². The Morgan fingerprint density at radius 1 is 1.00 bits per heavy atom. The third kappa shape index (κ3) is 4.69. The zero-order chi connectivity index (χ0) is 22.8. The summed E-state index contributed by atoms with van der Waals surface area (Å²) in [6.45, 7) is 2.57. The van der Waals surface area contributed by atoms with Gasteiger partial charge in [0.2, 0.25) is 5.95 Å². The van der Waals surface area contributed by atoms with Crippen LogP contribution < -0.4 is 16.2 Å². The van der Waals surface area contributed by atoms with Gasteiger partial charge in [0.25, 0.3) is 5.56 Å². The molecule has 7 heteroatoms. The number of nitrogens with zero attached hydrogens (tertiary/aromatic N) is 5. The summed E-state index contributed by atoms with van der Waals surface area (Å²) in [6, 6.07) is 10.5. The number of imidazole rings is 1. The smallest absolute Gasteiger partial charge is 0.279 e. The summed E-state index contributed by atoms with van der Waals surface area (Å²) in [6.07, 6.45) is 9.99. The van der Waals surface area contributed by atoms with Crippen LogP contribution >= 0.6 is 0 Å². The number of aryl methyl sites for hydroxylation is 2. The zero-order valence-electron chi connectivity index (χ0n) is 19.7. The summed E-state index contributed by atoms with van der Waals surface area (Å²) in [7, 11) is 1.85. The lowest BCUT2D eigenvalue weighted by Crippen LogP contribution is -2.44. The largest absolute Gasteiger partial charge is 0.341 e. The van der Waals surface area contributed by atoms with Gasteiger partial charge in [0.1, 0.15) is 5.82 Å². The Hall–Kier alpha value is -2.67. The molecular formula is C26H36N6O. The molecule has 1 saturated carbocycles. The predicted octanol–water partition coefficient (Wildman–Crippen LogP) is 3.42. The van der Waals surface area contributed by atoms with Crippen LogP contribution in [-0.2, 0) is 26.4 Å². The Balaban J connectivity index is 1.53. The normalized spacial score (nSPS) is 19.9. The quantitative estimate of drug-likeness (QED) is 0.625. The molecule has 1 atom stereocenters. The number of nitrogens with two attached hydrogens (primary N) is 1. The fourth-order valence-corrected chi connectivity index (χ4v) is 5.55. The molecule has 3 aromatic rings. The first kappa shape index (κ1) is 22.1. The average molecular weight is 449 g/mol. The van der Waals surface area contributed by atoms with Crippen molar-refractivity contribution in [1.82, 2.24) is 19.1 Å². The van der Waals surface area contributed by atoms with E-state index in [2.05, 4.69) is 21.6 Å². The van der Waals surface area contributed by atoms with Crippen LogP contribution in [0.3, 0.4) is 0 Å². The molecule has 1 aromatic carbocycles. The molecule has 2 aromatic heterocycles. The van der Waals surface area contributed by atoms with Gasteiger partial charge in [0, 0.05) is 39.1 Å². The molecule has 1 saturated heterocycles. The van der Waals surface area contributed by atoms with Crippen molar-refractivity contribution in [3.63, 3.8) is 0 Å². The van der Waals surface area contributed by atoms with E-state index >= 15 is 0 Å². The van der Waals surface area contributed by atoms with Gasteiger partial charge in [-0.2, -0.15) is 4.98 Å². The molecular weight excluding hydrogens is 412 g/mol. The molecule has 2 fully saturated rings. The lowest BCUT2D eigenvalue weighted by Gasteiger charge is -2.32. The van der Waals surface area contributed by atoms with Gasteiger partial charge in [-0.25, -0.2) is 4.98 Å². The van der Waals surface area contributed by atoms with Gasteiger partial charge in [-0.15, -0.1) is 0 Å². The van der Waals surface area contributed by atoms with E-state index in [0.717, 1.165) is 50.7 Å². The van der Waals surface area contributed by atoms with Crippen molar-refractivity contribution in [2.45, 2.75) is 70.4 Å². The predicted molar refractivity (Wildman–Crippen MR) is 133 cm³/mol. The first-order valence-electron chi connectivity index (χ1n) is 12.6. The van der Waals surface area contributed by atoms with Crippen molar-refractivity contribution in [3.05, 3.63) is 52.1 Å². The number of fused-ring (bicyclic) bond motifs is 1. The highest BCUT2D eigenvalue weighted by atomic mass is 16.1. The van der Waals surface area contributed by atoms with Crippen molar-refractivity contribution in [1.29, 1.82) is 0 Å². The molecule has 0 amide bonds. The molecule has 0 radical (unpaired) electrons. The van der Waals surface area contributed by atoms with E-state index in [9.17, 15) is 4.79 Å². The minimum absolute atomic E-state index is 0.0129. The van der Waals surface area contributed by atoms with Crippen LogP contribution in [0.25, 0.3) is 11.2 Å². The SMILES string of the molecule is Cn1c(CCc2ccccc2)nc2nc(N3CCCC(N)C3)n(CC3CCCCC3)c2c1=O. The highest BCUT2D eigenvalue weighted by Crippen LogP contribution is 2.29. The fourth-order valence-electron chi connectivity index (χ4n) is 5.55. The number of hydrogen-bond acceptors (Lipinski definition) is 5. The molecule has 0 bridgehead atoms. The highest BCUT2D eigenvalue weighted by Gasteiger charge is 2.27. The minimum atomic E-state index is 0.0129. The second-order valence-corrected chi connectivity index (χ2v) is 9.92. The first-order valence-corrected chi connectivity index (χ1v) is 12.6. The molecule has 1 aliphatic carbocycles. The van der Waals surface area contributed by atoms with Crippen LogP contribution in [-0.4, -0.2) is 38.2 Å². The van der Waals surface area contributed by atoms with Crippen molar-refractivity contribution in [2.75, 3.05) is 18.0 Å². The fraction of sp³-hybridized carbons (Fsp3) is 0.577. The Morgan fingerprint density at radius 2 is 1.79 bits per heavy atom. The maximum atomic E-state index is 13.6. The molecule has 1 unspecified atom stereocenters. The molecule has 2 aliphatic rings. The lowest BCUT2D eigenvalue weighted by molar-refractivity contribution is 0.321. The summed E-state index contributed by atoms with van der Waals surface area (Å²) in [5.41, 5.74) is 8.81. The summed E-state index contributed by atoms with van der Waals surface area (Å²) >= 11 is 0. The highest BCUT2D eigenvalue weighted by molar-refractivity contribution is 5.74. The number of hydrogen-bond donors (Lipinski definition) is 1. The van der Waals surface area contributed by atoms with E-state index in [1.54, 1.807) is 4.57 Å². The van der Waals surface area contributed by atoms with Crippen LogP contribution in [0.2, 0.25) is 0 Å². The lowest BCUT2D eigenvalue weighted by atomic mass is 9.89. The molecule has 3 heterocycles. The van der Waals surface area contributed by atoms with Crippen molar-refractivity contribution in [3.8, 4) is 0 Å². The van der Waals surface area contributed by atoms with E-state index in [1.165, 1.54) is 37.7 Å². The number of anilines is 1. The van der Waals surface area contributed by atoms with Crippen LogP contribution in [0.5, 0.6) is 0 Å². The third-order valence-electron chi connectivity index (χ3n) is 7.44. The van der Waals surface area contributed by atoms with Crippen molar-refractivity contribution in [2.24, 2.45) is 18.7 Å². The molecule has 0 spiro atoms. The minimum Gasteiger partial charge on any atom is -0.341 e. The Kier molecular flexibility index (Phi) is 6.49. The summed E-state index contributed by atoms with van der Waals surface area (Å²) in [5, 5.41) is 0. The van der Waals surface area contributed by atoms with Gasteiger partial charge in [-0.3, -0.25) is 9.36 Å². The number of aromatic nitrogens is 4. The molecule has 2 N–H and O–H groups in total. The van der Waals surface area contributed by atoms with E-state index in [0.29, 0.717) is 23.5 Å². The maximum Gasteiger partial charge on any atom is 0.279 e. The standard InChI is InChI=1S/C26H36N6O/c1-30-22(15-14-19-9-4-2-5-10-19)28-24-23(25(30)33)32(17-20-11-6-3-7-12-20)26(29-24)31-16-8-13-21(27)18-31/h2,4-5,9-10,20-21H,3,6-8,11-18,27H2,1H3. The second-order valence-electron chi connectivity index (χ2n) is 9.92. The average Bonchev–Trinajstić information content (AvgIpc) is 3.20. The summed E-state index contributed by atoms with van der Waals surface area (Å²) in [4.78, 5) is 25.8. The van der Waals surface area contributed by atoms with Crippen LogP contribution in [0, 0.1) is 5.92 Å². The summed E-state index contributed by atoms with van der Waals surface area (Å²) in [5.74, 6) is 2.27. The van der Waals surface area contributed by atoms with Crippen LogP contribution in [0.15, 0.2) is 35.1 Å².